The monoisotopic (exact) mass is 218 g/mol. The molecule has 84 valence electrons. The highest BCUT2D eigenvalue weighted by atomic mass is 16.2. The molecule has 0 fully saturated rings. The number of hydrogen-bond acceptors (Lipinski definition) is 3. The molecule has 0 heterocycles. The number of nitrogens with two attached hydrogens (primary N) is 1. The third-order valence-corrected chi connectivity index (χ3v) is 2.10. The molecule has 0 saturated heterocycles. The van der Waals surface area contributed by atoms with Crippen LogP contribution >= 0.6 is 0 Å². The maximum absolute atomic E-state index is 11.6. The van der Waals surface area contributed by atoms with Crippen molar-refractivity contribution in [1.82, 2.24) is 5.01 Å². The van der Waals surface area contributed by atoms with E-state index in [0.717, 1.165) is 10.6 Å². The maximum atomic E-state index is 11.6. The molecule has 0 unspecified atom stereocenters. The first-order valence-corrected chi connectivity index (χ1v) is 4.97. The number of hydrazine groups is 1. The fraction of sp³-hybridized carbons (Fsp3) is 0.167. The molecule has 0 atom stereocenters. The first-order chi connectivity index (χ1) is 7.69. The largest absolute Gasteiger partial charge is 0.298 e. The molecule has 0 spiro atoms. The molecule has 0 bridgehead atoms. The van der Waals surface area contributed by atoms with Gasteiger partial charge in [-0.3, -0.25) is 14.6 Å². The molecule has 0 saturated carbocycles. The molecule has 1 rings (SSSR count). The molecular formula is C12H14N2O2. The fourth-order valence-electron chi connectivity index (χ4n) is 1.18. The van der Waals surface area contributed by atoms with E-state index < -0.39 is 5.91 Å². The van der Waals surface area contributed by atoms with Crippen LogP contribution in [0.3, 0.4) is 0 Å². The van der Waals surface area contributed by atoms with E-state index >= 15 is 0 Å². The smallest absolute Gasteiger partial charge is 0.271 e. The Bertz CT molecular complexity index is 399. The first kappa shape index (κ1) is 12.1. The lowest BCUT2D eigenvalue weighted by molar-refractivity contribution is -0.128. The van der Waals surface area contributed by atoms with Crippen LogP contribution in [0.2, 0.25) is 0 Å². The summed E-state index contributed by atoms with van der Waals surface area (Å²) in [4.78, 5) is 22.4. The Hall–Kier alpha value is -1.94. The molecule has 0 aliphatic heterocycles. The van der Waals surface area contributed by atoms with Crippen LogP contribution in [-0.4, -0.2) is 23.7 Å². The number of rotatable bonds is 4. The van der Waals surface area contributed by atoms with Crippen LogP contribution < -0.4 is 5.84 Å². The highest BCUT2D eigenvalue weighted by Gasteiger charge is 2.12. The summed E-state index contributed by atoms with van der Waals surface area (Å²) in [5.41, 5.74) is 0.845. The van der Waals surface area contributed by atoms with Crippen molar-refractivity contribution in [2.45, 2.75) is 6.92 Å². The van der Waals surface area contributed by atoms with Crippen molar-refractivity contribution >= 4 is 18.3 Å². The second-order valence-electron chi connectivity index (χ2n) is 3.22. The van der Waals surface area contributed by atoms with Crippen molar-refractivity contribution < 1.29 is 9.59 Å². The minimum atomic E-state index is -0.471. The van der Waals surface area contributed by atoms with E-state index in [2.05, 4.69) is 0 Å². The molecule has 4 heteroatoms. The number of amides is 1. The van der Waals surface area contributed by atoms with Crippen LogP contribution in [0.25, 0.3) is 6.08 Å². The molecule has 2 N–H and O–H groups in total. The minimum absolute atomic E-state index is 0.0514. The van der Waals surface area contributed by atoms with Gasteiger partial charge < -0.3 is 0 Å². The zero-order chi connectivity index (χ0) is 12.0. The van der Waals surface area contributed by atoms with Gasteiger partial charge in [0.25, 0.3) is 5.91 Å². The highest BCUT2D eigenvalue weighted by molar-refractivity contribution is 6.14. The third-order valence-electron chi connectivity index (χ3n) is 2.10. The second kappa shape index (κ2) is 5.82. The summed E-state index contributed by atoms with van der Waals surface area (Å²) >= 11 is 0. The Labute approximate surface area is 94.3 Å². The number of benzene rings is 1. The predicted molar refractivity (Wildman–Crippen MR) is 62.1 cm³/mol. The van der Waals surface area contributed by atoms with Crippen LogP contribution in [0.5, 0.6) is 0 Å². The van der Waals surface area contributed by atoms with Crippen LogP contribution in [0, 0.1) is 0 Å². The summed E-state index contributed by atoms with van der Waals surface area (Å²) in [6, 6.07) is 9.14. The van der Waals surface area contributed by atoms with Gasteiger partial charge in [0.15, 0.2) is 6.29 Å². The molecule has 0 radical (unpaired) electrons. The van der Waals surface area contributed by atoms with E-state index in [0.29, 0.717) is 12.8 Å². The number of carbonyl (C=O) groups is 2. The van der Waals surface area contributed by atoms with Gasteiger partial charge in [-0.05, 0) is 18.6 Å². The summed E-state index contributed by atoms with van der Waals surface area (Å²) in [6.45, 7) is 2.10. The van der Waals surface area contributed by atoms with Gasteiger partial charge in [-0.2, -0.15) is 0 Å². The maximum Gasteiger partial charge on any atom is 0.271 e. The first-order valence-electron chi connectivity index (χ1n) is 4.97. The number of hydrogen-bond donors (Lipinski definition) is 1. The standard InChI is InChI=1S/C12H14N2O2/c1-2-14(13)12(16)11(9-15)8-10-6-4-3-5-7-10/h3-9H,2,13H2,1H3. The van der Waals surface area contributed by atoms with Crippen LogP contribution in [0.15, 0.2) is 35.9 Å². The van der Waals surface area contributed by atoms with Crippen molar-refractivity contribution in [3.05, 3.63) is 41.5 Å². The lowest BCUT2D eigenvalue weighted by Gasteiger charge is -2.13. The van der Waals surface area contributed by atoms with Crippen LogP contribution in [-0.2, 0) is 9.59 Å². The molecule has 0 aromatic heterocycles. The van der Waals surface area contributed by atoms with Gasteiger partial charge >= 0.3 is 0 Å². The number of likely N-dealkylation sites (N-methyl/N-ethyl adjacent to an activating group) is 1. The van der Waals surface area contributed by atoms with Gasteiger partial charge in [-0.15, -0.1) is 0 Å². The molecule has 0 aliphatic rings. The molecule has 1 aromatic carbocycles. The summed E-state index contributed by atoms with van der Waals surface area (Å²) in [5, 5.41) is 1.00. The average Bonchev–Trinajstić information content (AvgIpc) is 2.35. The van der Waals surface area contributed by atoms with E-state index in [9.17, 15) is 9.59 Å². The Kier molecular flexibility index (Phi) is 4.42. The zero-order valence-electron chi connectivity index (χ0n) is 9.09. The molecule has 4 nitrogen and oxygen atoms in total. The van der Waals surface area contributed by atoms with Gasteiger partial charge in [0, 0.05) is 6.54 Å². The van der Waals surface area contributed by atoms with Crippen molar-refractivity contribution in [3.8, 4) is 0 Å². The Balaban J connectivity index is 2.95. The van der Waals surface area contributed by atoms with Crippen LogP contribution in [0.4, 0.5) is 0 Å². The number of aldehydes is 1. The third kappa shape index (κ3) is 3.03. The van der Waals surface area contributed by atoms with Crippen LogP contribution in [0.1, 0.15) is 12.5 Å². The van der Waals surface area contributed by atoms with Gasteiger partial charge in [-0.1, -0.05) is 30.3 Å². The predicted octanol–water partition coefficient (Wildman–Crippen LogP) is 0.991. The SMILES string of the molecule is CCN(N)C(=O)C(C=O)=Cc1ccccc1. The lowest BCUT2D eigenvalue weighted by atomic mass is 10.1. The fourth-order valence-corrected chi connectivity index (χ4v) is 1.18. The van der Waals surface area contributed by atoms with E-state index in [4.69, 9.17) is 5.84 Å². The molecular weight excluding hydrogens is 204 g/mol. The highest BCUT2D eigenvalue weighted by Crippen LogP contribution is 2.06. The summed E-state index contributed by atoms with van der Waals surface area (Å²) < 4.78 is 0. The lowest BCUT2D eigenvalue weighted by Crippen LogP contribution is -2.38. The van der Waals surface area contributed by atoms with E-state index in [1.165, 1.54) is 6.08 Å². The number of carbonyl (C=O) groups excluding carboxylic acids is 2. The Morgan fingerprint density at radius 3 is 2.50 bits per heavy atom. The molecule has 16 heavy (non-hydrogen) atoms. The zero-order valence-corrected chi connectivity index (χ0v) is 9.09. The topological polar surface area (TPSA) is 63.4 Å². The summed E-state index contributed by atoms with van der Waals surface area (Å²) in [7, 11) is 0. The summed E-state index contributed by atoms with van der Waals surface area (Å²) in [5.74, 6) is 4.96. The Morgan fingerprint density at radius 2 is 2.00 bits per heavy atom. The molecule has 1 amide bonds. The molecule has 0 aliphatic carbocycles. The van der Waals surface area contributed by atoms with Crippen molar-refractivity contribution in [2.24, 2.45) is 5.84 Å². The van der Waals surface area contributed by atoms with Crippen molar-refractivity contribution in [2.75, 3.05) is 6.54 Å². The van der Waals surface area contributed by atoms with E-state index in [1.807, 2.05) is 30.3 Å². The summed E-state index contributed by atoms with van der Waals surface area (Å²) in [6.07, 6.45) is 2.04. The number of nitrogens with zero attached hydrogens (tertiary/aromatic N) is 1. The van der Waals surface area contributed by atoms with Gasteiger partial charge in [0.05, 0.1) is 5.57 Å². The van der Waals surface area contributed by atoms with Gasteiger partial charge in [0.1, 0.15) is 0 Å². The van der Waals surface area contributed by atoms with Crippen molar-refractivity contribution in [3.63, 3.8) is 0 Å². The van der Waals surface area contributed by atoms with Crippen molar-refractivity contribution in [1.29, 1.82) is 0 Å². The molecule has 1 aromatic rings. The van der Waals surface area contributed by atoms with Gasteiger partial charge in [0.2, 0.25) is 0 Å². The second-order valence-corrected chi connectivity index (χ2v) is 3.22. The van der Waals surface area contributed by atoms with E-state index in [-0.39, 0.29) is 5.57 Å². The Morgan fingerprint density at radius 1 is 1.38 bits per heavy atom. The quantitative estimate of drug-likeness (QED) is 0.156. The average molecular weight is 218 g/mol. The minimum Gasteiger partial charge on any atom is -0.298 e. The van der Waals surface area contributed by atoms with Gasteiger partial charge in [-0.25, -0.2) is 5.84 Å². The normalized spacial score (nSPS) is 11.0. The van der Waals surface area contributed by atoms with E-state index in [1.54, 1.807) is 6.92 Å².